The maximum atomic E-state index is 10.6. The van der Waals surface area contributed by atoms with Crippen LogP contribution in [0.15, 0.2) is 6.20 Å². The third-order valence-corrected chi connectivity index (χ3v) is 1.33. The average Bonchev–Trinajstić information content (AvgIpc) is 2.32. The second-order valence-electron chi connectivity index (χ2n) is 2.07. The summed E-state index contributed by atoms with van der Waals surface area (Å²) in [5.41, 5.74) is 0.170. The number of rotatable bonds is 2. The molecule has 0 radical (unpaired) electrons. The highest BCUT2D eigenvalue weighted by atomic mass is 16.4. The van der Waals surface area contributed by atoms with Crippen LogP contribution in [0.4, 0.5) is 5.69 Å². The molecule has 6 heteroatoms. The summed E-state index contributed by atoms with van der Waals surface area (Å²) in [6.45, 7) is 0. The minimum atomic E-state index is -1.12. The molecule has 0 saturated carbocycles. The van der Waals surface area contributed by atoms with Crippen molar-refractivity contribution in [3.63, 3.8) is 0 Å². The van der Waals surface area contributed by atoms with Gasteiger partial charge in [0.1, 0.15) is 5.69 Å². The Kier molecular flexibility index (Phi) is 1.96. The number of carboxylic acid groups (broad SMARTS) is 1. The first-order valence-corrected chi connectivity index (χ1v) is 3.07. The number of nitrogens with one attached hydrogen (secondary N) is 1. The Balaban J connectivity index is 3.14. The molecule has 0 saturated heterocycles. The van der Waals surface area contributed by atoms with Gasteiger partial charge in [0.25, 0.3) is 0 Å². The summed E-state index contributed by atoms with van der Waals surface area (Å²) in [7, 11) is 1.49. The SMILES string of the molecule is Cn1ncc(NC#N)c1C(=O)O. The monoisotopic (exact) mass is 166 g/mol. The predicted octanol–water partition coefficient (Wildman–Crippen LogP) is 0.0113. The predicted molar refractivity (Wildman–Crippen MR) is 39.4 cm³/mol. The smallest absolute Gasteiger partial charge is 0.356 e. The summed E-state index contributed by atoms with van der Waals surface area (Å²) in [4.78, 5) is 10.6. The van der Waals surface area contributed by atoms with Gasteiger partial charge in [0.05, 0.1) is 6.20 Å². The number of anilines is 1. The van der Waals surface area contributed by atoms with E-state index in [4.69, 9.17) is 10.4 Å². The zero-order valence-corrected chi connectivity index (χ0v) is 6.27. The van der Waals surface area contributed by atoms with Crippen molar-refractivity contribution in [2.45, 2.75) is 0 Å². The fourth-order valence-corrected chi connectivity index (χ4v) is 0.843. The van der Waals surface area contributed by atoms with Crippen LogP contribution in [0, 0.1) is 11.5 Å². The molecule has 1 aromatic rings. The summed E-state index contributed by atoms with van der Waals surface area (Å²) in [6, 6.07) is 0. The molecule has 0 bridgehead atoms. The van der Waals surface area contributed by atoms with E-state index < -0.39 is 5.97 Å². The van der Waals surface area contributed by atoms with Crippen LogP contribution in [0.5, 0.6) is 0 Å². The topological polar surface area (TPSA) is 90.9 Å². The number of carboxylic acids is 1. The van der Waals surface area contributed by atoms with Crippen LogP contribution in [0.3, 0.4) is 0 Å². The minimum Gasteiger partial charge on any atom is -0.476 e. The van der Waals surface area contributed by atoms with Gasteiger partial charge in [-0.25, -0.2) is 4.79 Å². The average molecular weight is 166 g/mol. The Labute approximate surface area is 68.0 Å². The van der Waals surface area contributed by atoms with Crippen molar-refractivity contribution < 1.29 is 9.90 Å². The molecule has 1 rings (SSSR count). The fraction of sp³-hybridized carbons (Fsp3) is 0.167. The summed E-state index contributed by atoms with van der Waals surface area (Å²) in [5, 5.41) is 22.8. The Hall–Kier alpha value is -2.03. The van der Waals surface area contributed by atoms with Gasteiger partial charge in [-0.1, -0.05) is 0 Å². The molecule has 0 fully saturated rings. The van der Waals surface area contributed by atoms with Crippen LogP contribution in [-0.2, 0) is 7.05 Å². The molecule has 0 aliphatic carbocycles. The van der Waals surface area contributed by atoms with Crippen LogP contribution in [0.1, 0.15) is 10.5 Å². The number of nitriles is 1. The second kappa shape index (κ2) is 2.92. The van der Waals surface area contributed by atoms with E-state index in [1.54, 1.807) is 6.19 Å². The second-order valence-corrected chi connectivity index (χ2v) is 2.07. The summed E-state index contributed by atoms with van der Waals surface area (Å²) >= 11 is 0. The van der Waals surface area contributed by atoms with E-state index >= 15 is 0 Å². The number of nitrogens with zero attached hydrogens (tertiary/aromatic N) is 3. The highest BCUT2D eigenvalue weighted by Gasteiger charge is 2.14. The zero-order chi connectivity index (χ0) is 9.14. The normalized spacial score (nSPS) is 9.00. The first-order valence-electron chi connectivity index (χ1n) is 3.07. The van der Waals surface area contributed by atoms with E-state index in [0.717, 1.165) is 0 Å². The Morgan fingerprint density at radius 3 is 3.08 bits per heavy atom. The number of hydrogen-bond donors (Lipinski definition) is 2. The molecule has 0 atom stereocenters. The van der Waals surface area contributed by atoms with E-state index in [2.05, 4.69) is 10.4 Å². The van der Waals surface area contributed by atoms with Crippen molar-refractivity contribution >= 4 is 11.7 Å². The maximum Gasteiger partial charge on any atom is 0.356 e. The van der Waals surface area contributed by atoms with E-state index in [1.165, 1.54) is 17.9 Å². The van der Waals surface area contributed by atoms with Crippen molar-refractivity contribution in [3.05, 3.63) is 11.9 Å². The molecule has 0 unspecified atom stereocenters. The van der Waals surface area contributed by atoms with Crippen LogP contribution in [0.2, 0.25) is 0 Å². The van der Waals surface area contributed by atoms with Gasteiger partial charge in [-0.2, -0.15) is 10.4 Å². The lowest BCUT2D eigenvalue weighted by molar-refractivity contribution is 0.0686. The van der Waals surface area contributed by atoms with E-state index in [1.807, 2.05) is 0 Å². The lowest BCUT2D eigenvalue weighted by Crippen LogP contribution is -2.07. The molecule has 0 aromatic carbocycles. The number of carbonyl (C=O) groups is 1. The van der Waals surface area contributed by atoms with Gasteiger partial charge < -0.3 is 5.11 Å². The third-order valence-electron chi connectivity index (χ3n) is 1.33. The van der Waals surface area contributed by atoms with Crippen molar-refractivity contribution in [1.82, 2.24) is 9.78 Å². The number of aryl methyl sites for hydroxylation is 1. The molecule has 0 aliphatic rings. The Bertz CT molecular complexity index is 349. The Morgan fingerprint density at radius 2 is 2.58 bits per heavy atom. The van der Waals surface area contributed by atoms with E-state index in [-0.39, 0.29) is 11.4 Å². The lowest BCUT2D eigenvalue weighted by atomic mass is 10.4. The third kappa shape index (κ3) is 1.20. The Morgan fingerprint density at radius 1 is 1.92 bits per heavy atom. The van der Waals surface area contributed by atoms with Crippen LogP contribution >= 0.6 is 0 Å². The molecule has 62 valence electrons. The van der Waals surface area contributed by atoms with Crippen molar-refractivity contribution in [2.75, 3.05) is 5.32 Å². The molecule has 2 N–H and O–H groups in total. The highest BCUT2D eigenvalue weighted by Crippen LogP contribution is 2.12. The van der Waals surface area contributed by atoms with Crippen LogP contribution in [-0.4, -0.2) is 20.9 Å². The zero-order valence-electron chi connectivity index (χ0n) is 6.27. The quantitative estimate of drug-likeness (QED) is 0.477. The van der Waals surface area contributed by atoms with Gasteiger partial charge in [0.15, 0.2) is 11.9 Å². The van der Waals surface area contributed by atoms with Crippen molar-refractivity contribution in [3.8, 4) is 6.19 Å². The van der Waals surface area contributed by atoms with Gasteiger partial charge in [-0.3, -0.25) is 10.00 Å². The number of aromatic nitrogens is 2. The largest absolute Gasteiger partial charge is 0.476 e. The van der Waals surface area contributed by atoms with Crippen molar-refractivity contribution in [2.24, 2.45) is 7.05 Å². The first-order chi connectivity index (χ1) is 5.66. The summed E-state index contributed by atoms with van der Waals surface area (Å²) in [6.07, 6.45) is 2.91. The van der Waals surface area contributed by atoms with Gasteiger partial charge in [0, 0.05) is 7.05 Å². The highest BCUT2D eigenvalue weighted by molar-refractivity contribution is 5.92. The summed E-state index contributed by atoms with van der Waals surface area (Å²) in [5.74, 6) is -1.12. The molecule has 0 spiro atoms. The van der Waals surface area contributed by atoms with E-state index in [9.17, 15) is 4.79 Å². The molecule has 1 aromatic heterocycles. The molecule has 12 heavy (non-hydrogen) atoms. The lowest BCUT2D eigenvalue weighted by Gasteiger charge is -1.96. The molecular formula is C6H6N4O2. The first kappa shape index (κ1) is 8.07. The standard InChI is InChI=1S/C6H6N4O2/c1-10-5(6(11)12)4(2-9-10)8-3-7/h2,8H,1H3,(H,11,12). The van der Waals surface area contributed by atoms with Gasteiger partial charge in [0.2, 0.25) is 0 Å². The van der Waals surface area contributed by atoms with E-state index in [0.29, 0.717) is 0 Å². The van der Waals surface area contributed by atoms with Crippen LogP contribution < -0.4 is 5.32 Å². The molecule has 6 nitrogen and oxygen atoms in total. The number of aromatic carboxylic acids is 1. The van der Waals surface area contributed by atoms with Crippen molar-refractivity contribution in [1.29, 1.82) is 5.26 Å². The summed E-state index contributed by atoms with van der Waals surface area (Å²) < 4.78 is 1.18. The maximum absolute atomic E-state index is 10.6. The number of hydrogen-bond acceptors (Lipinski definition) is 4. The van der Waals surface area contributed by atoms with Gasteiger partial charge in [-0.15, -0.1) is 0 Å². The minimum absolute atomic E-state index is 0.0310. The van der Waals surface area contributed by atoms with Gasteiger partial charge >= 0.3 is 5.97 Å². The molecule has 0 aliphatic heterocycles. The molecule has 1 heterocycles. The molecular weight excluding hydrogens is 160 g/mol. The van der Waals surface area contributed by atoms with Crippen LogP contribution in [0.25, 0.3) is 0 Å². The fourth-order valence-electron chi connectivity index (χ4n) is 0.843. The van der Waals surface area contributed by atoms with Gasteiger partial charge in [-0.05, 0) is 0 Å². The molecule has 0 amide bonds.